The molecule has 0 aromatic heterocycles. The highest BCUT2D eigenvalue weighted by molar-refractivity contribution is 8.26. The predicted octanol–water partition coefficient (Wildman–Crippen LogP) is 5.25. The van der Waals surface area contributed by atoms with Crippen LogP contribution in [0.5, 0.6) is 17.2 Å². The molecule has 1 heterocycles. The quantitative estimate of drug-likeness (QED) is 0.311. The zero-order valence-electron chi connectivity index (χ0n) is 16.7. The molecule has 0 unspecified atom stereocenters. The minimum absolute atomic E-state index is 0.218. The molecule has 1 amide bonds. The third kappa shape index (κ3) is 5.90. The van der Waals surface area contributed by atoms with Gasteiger partial charge in [0, 0.05) is 6.42 Å². The second-order valence-electron chi connectivity index (χ2n) is 6.43. The first-order valence-electron chi connectivity index (χ1n) is 9.47. The van der Waals surface area contributed by atoms with Gasteiger partial charge in [-0.15, -0.1) is 0 Å². The maximum atomic E-state index is 11.8. The van der Waals surface area contributed by atoms with E-state index < -0.39 is 0 Å². The number of thioether (sulfide) groups is 1. The zero-order chi connectivity index (χ0) is 21.5. The average molecular weight is 464 g/mol. The molecule has 8 heteroatoms. The van der Waals surface area contributed by atoms with Crippen LogP contribution < -0.4 is 19.5 Å². The van der Waals surface area contributed by atoms with Crippen LogP contribution in [-0.4, -0.2) is 30.6 Å². The van der Waals surface area contributed by atoms with Gasteiger partial charge in [0.05, 0.1) is 30.3 Å². The van der Waals surface area contributed by atoms with Gasteiger partial charge in [-0.05, 0) is 47.9 Å². The van der Waals surface area contributed by atoms with Crippen molar-refractivity contribution in [2.45, 2.75) is 19.8 Å². The Morgan fingerprint density at radius 2 is 1.90 bits per heavy atom. The van der Waals surface area contributed by atoms with E-state index in [4.69, 9.17) is 38.0 Å². The smallest absolute Gasteiger partial charge is 0.263 e. The van der Waals surface area contributed by atoms with E-state index in [1.807, 2.05) is 12.1 Å². The number of carbonyl (C=O) groups excluding carboxylic acids is 1. The largest absolute Gasteiger partial charge is 0.493 e. The Labute approximate surface area is 190 Å². The lowest BCUT2D eigenvalue weighted by Crippen LogP contribution is -2.17. The topological polar surface area (TPSA) is 56.8 Å². The van der Waals surface area contributed by atoms with Crippen LogP contribution in [0.2, 0.25) is 5.02 Å². The fraction of sp³-hybridized carbons (Fsp3) is 0.273. The molecular weight excluding hydrogens is 442 g/mol. The molecule has 1 fully saturated rings. The van der Waals surface area contributed by atoms with Crippen LogP contribution in [0.3, 0.4) is 0 Å². The number of benzene rings is 2. The van der Waals surface area contributed by atoms with Crippen LogP contribution in [-0.2, 0) is 11.2 Å². The Morgan fingerprint density at radius 3 is 2.53 bits per heavy atom. The van der Waals surface area contributed by atoms with Crippen LogP contribution in [0.4, 0.5) is 0 Å². The molecule has 1 saturated heterocycles. The van der Waals surface area contributed by atoms with Crippen molar-refractivity contribution in [1.29, 1.82) is 0 Å². The van der Waals surface area contributed by atoms with Crippen LogP contribution in [0.1, 0.15) is 24.5 Å². The summed E-state index contributed by atoms with van der Waals surface area (Å²) in [6.45, 7) is 3.08. The fourth-order valence-corrected chi connectivity index (χ4v) is 4.10. The Kier molecular flexibility index (Phi) is 8.01. The van der Waals surface area contributed by atoms with Gasteiger partial charge in [0.1, 0.15) is 10.1 Å². The molecule has 0 spiro atoms. The zero-order valence-corrected chi connectivity index (χ0v) is 19.1. The number of thiocarbonyl (C=S) groups is 1. The first-order chi connectivity index (χ1) is 14.5. The summed E-state index contributed by atoms with van der Waals surface area (Å²) in [4.78, 5) is 12.4. The van der Waals surface area contributed by atoms with Gasteiger partial charge in [0.25, 0.3) is 5.91 Å². The minimum Gasteiger partial charge on any atom is -0.493 e. The highest BCUT2D eigenvalue weighted by atomic mass is 35.5. The summed E-state index contributed by atoms with van der Waals surface area (Å²) in [7, 11) is 1.55. The van der Waals surface area contributed by atoms with Crippen molar-refractivity contribution in [3.63, 3.8) is 0 Å². The first kappa shape index (κ1) is 22.5. The highest BCUT2D eigenvalue weighted by Crippen LogP contribution is 2.38. The van der Waals surface area contributed by atoms with Gasteiger partial charge in [0.2, 0.25) is 0 Å². The van der Waals surface area contributed by atoms with Crippen LogP contribution in [0, 0.1) is 0 Å². The summed E-state index contributed by atoms with van der Waals surface area (Å²) in [6.07, 6.45) is 3.41. The Balaban J connectivity index is 1.57. The molecule has 1 aliphatic rings. The average Bonchev–Trinajstić information content (AvgIpc) is 3.05. The number of hydrogen-bond donors (Lipinski definition) is 1. The van der Waals surface area contributed by atoms with Crippen molar-refractivity contribution >= 4 is 51.9 Å². The number of nitrogens with one attached hydrogen (secondary N) is 1. The second-order valence-corrected chi connectivity index (χ2v) is 8.56. The summed E-state index contributed by atoms with van der Waals surface area (Å²) >= 11 is 12.6. The van der Waals surface area contributed by atoms with Crippen molar-refractivity contribution in [1.82, 2.24) is 5.32 Å². The summed E-state index contributed by atoms with van der Waals surface area (Å²) in [5, 5.41) is 2.99. The van der Waals surface area contributed by atoms with E-state index in [1.165, 1.54) is 17.3 Å². The van der Waals surface area contributed by atoms with Crippen molar-refractivity contribution in [2.75, 3.05) is 20.3 Å². The summed E-state index contributed by atoms with van der Waals surface area (Å²) in [6, 6.07) is 11.6. The number of methoxy groups -OCH3 is 1. The van der Waals surface area contributed by atoms with Crippen molar-refractivity contribution in [3.8, 4) is 17.2 Å². The maximum Gasteiger partial charge on any atom is 0.263 e. The number of ether oxygens (including phenoxy) is 3. The Hall–Kier alpha value is -2.22. The Bertz CT molecular complexity index is 960. The molecule has 0 radical (unpaired) electrons. The van der Waals surface area contributed by atoms with Crippen molar-refractivity contribution < 1.29 is 19.0 Å². The van der Waals surface area contributed by atoms with E-state index in [9.17, 15) is 4.79 Å². The molecule has 1 aliphatic heterocycles. The van der Waals surface area contributed by atoms with Crippen LogP contribution in [0.25, 0.3) is 6.08 Å². The van der Waals surface area contributed by atoms with Gasteiger partial charge in [0.15, 0.2) is 11.5 Å². The fourth-order valence-electron chi connectivity index (χ4n) is 2.78. The molecule has 2 aromatic carbocycles. The van der Waals surface area contributed by atoms with E-state index in [1.54, 1.807) is 25.3 Å². The molecule has 158 valence electrons. The summed E-state index contributed by atoms with van der Waals surface area (Å²) in [5.74, 6) is 1.59. The number of halogens is 1. The number of rotatable bonds is 9. The lowest BCUT2D eigenvalue weighted by Gasteiger charge is -2.14. The van der Waals surface area contributed by atoms with Gasteiger partial charge in [-0.1, -0.05) is 54.6 Å². The maximum absolute atomic E-state index is 11.8. The third-order valence-electron chi connectivity index (χ3n) is 4.33. The molecule has 5 nitrogen and oxygen atoms in total. The van der Waals surface area contributed by atoms with Gasteiger partial charge >= 0.3 is 0 Å². The van der Waals surface area contributed by atoms with E-state index in [2.05, 4.69) is 24.4 Å². The number of hydrogen-bond acceptors (Lipinski definition) is 6. The molecule has 2 aromatic rings. The normalized spacial score (nSPS) is 14.7. The molecule has 0 atom stereocenters. The molecule has 30 heavy (non-hydrogen) atoms. The first-order valence-corrected chi connectivity index (χ1v) is 11.1. The lowest BCUT2D eigenvalue weighted by molar-refractivity contribution is -0.115. The predicted molar refractivity (Wildman–Crippen MR) is 126 cm³/mol. The van der Waals surface area contributed by atoms with Crippen molar-refractivity contribution in [2.24, 2.45) is 0 Å². The second kappa shape index (κ2) is 10.7. The molecule has 0 aliphatic carbocycles. The van der Waals surface area contributed by atoms with Gasteiger partial charge in [-0.2, -0.15) is 0 Å². The van der Waals surface area contributed by atoms with Crippen LogP contribution >= 0.6 is 35.6 Å². The minimum atomic E-state index is -0.218. The summed E-state index contributed by atoms with van der Waals surface area (Å²) in [5.41, 5.74) is 2.01. The molecule has 0 saturated carbocycles. The number of aryl methyl sites for hydroxylation is 1. The third-order valence-corrected chi connectivity index (χ3v) is 5.77. The standard InChI is InChI=1S/C22H22ClNO4S2/c1-3-14-5-7-16(8-6-14)27-9-4-10-28-20-17(23)11-15(12-18(20)26-2)13-19-21(25)24-22(29)30-19/h5-8,11-13H,3-4,9-10H2,1-2H3,(H,24,25,29)/b19-13+. The van der Waals surface area contributed by atoms with Gasteiger partial charge in [-0.25, -0.2) is 0 Å². The van der Waals surface area contributed by atoms with Gasteiger partial charge < -0.3 is 19.5 Å². The van der Waals surface area contributed by atoms with E-state index in [0.717, 1.165) is 17.7 Å². The molecule has 0 bridgehead atoms. The molecule has 3 rings (SSSR count). The van der Waals surface area contributed by atoms with E-state index in [0.29, 0.717) is 45.4 Å². The SMILES string of the molecule is CCc1ccc(OCCCOc2c(Cl)cc(/C=C3/SC(=S)NC3=O)cc2OC)cc1. The number of carbonyl (C=O) groups is 1. The van der Waals surface area contributed by atoms with Crippen LogP contribution in [0.15, 0.2) is 41.3 Å². The Morgan fingerprint density at radius 1 is 1.17 bits per heavy atom. The number of amides is 1. The van der Waals surface area contributed by atoms with Gasteiger partial charge in [-0.3, -0.25) is 4.79 Å². The molecular formula is C22H22ClNO4S2. The van der Waals surface area contributed by atoms with E-state index in [-0.39, 0.29) is 5.91 Å². The summed E-state index contributed by atoms with van der Waals surface area (Å²) < 4.78 is 17.4. The monoisotopic (exact) mass is 463 g/mol. The molecule has 1 N–H and O–H groups in total. The highest BCUT2D eigenvalue weighted by Gasteiger charge is 2.22. The van der Waals surface area contributed by atoms with Crippen molar-refractivity contribution in [3.05, 3.63) is 57.5 Å². The van der Waals surface area contributed by atoms with E-state index >= 15 is 0 Å². The lowest BCUT2D eigenvalue weighted by atomic mass is 10.2.